The zero-order valence-electron chi connectivity index (χ0n) is 24.1. The number of carboxylic acid groups (broad SMARTS) is 1. The monoisotopic (exact) mass is 531 g/mol. The molecule has 39 heavy (non-hydrogen) atoms. The normalized spacial score (nSPS) is 16.8. The molecule has 0 amide bonds. The van der Waals surface area contributed by atoms with Crippen molar-refractivity contribution in [3.63, 3.8) is 0 Å². The number of nitrogen functional groups attached to an aromatic ring is 1. The van der Waals surface area contributed by atoms with Gasteiger partial charge < -0.3 is 16.2 Å². The van der Waals surface area contributed by atoms with Crippen LogP contribution in [0.1, 0.15) is 72.1 Å². The van der Waals surface area contributed by atoms with Crippen molar-refractivity contribution in [2.45, 2.75) is 66.5 Å². The molecule has 6 heteroatoms. The number of carboxylic acids is 1. The predicted octanol–water partition coefficient (Wildman–Crippen LogP) is 6.89. The lowest BCUT2D eigenvalue weighted by Crippen LogP contribution is -2.33. The highest BCUT2D eigenvalue weighted by atomic mass is 19.1. The molecule has 0 fully saturated rings. The number of hydrogen-bond acceptors (Lipinski definition) is 4. The first-order chi connectivity index (χ1) is 18.5. The summed E-state index contributed by atoms with van der Waals surface area (Å²) in [7, 11) is 1.83. The van der Waals surface area contributed by atoms with Crippen LogP contribution in [0, 0.1) is 31.0 Å². The zero-order chi connectivity index (χ0) is 28.5. The molecule has 0 aromatic heterocycles. The third-order valence-electron chi connectivity index (χ3n) is 8.71. The molecule has 1 aliphatic heterocycles. The van der Waals surface area contributed by atoms with Crippen molar-refractivity contribution in [3.05, 3.63) is 93.3 Å². The number of fused-ring (bicyclic) bond motifs is 1. The Bertz CT molecular complexity index is 1370. The van der Waals surface area contributed by atoms with Gasteiger partial charge in [-0.1, -0.05) is 49.7 Å². The van der Waals surface area contributed by atoms with Crippen molar-refractivity contribution in [2.75, 3.05) is 24.6 Å². The van der Waals surface area contributed by atoms with Crippen LogP contribution in [0.2, 0.25) is 0 Å². The largest absolute Gasteiger partial charge is 0.481 e. The Morgan fingerprint density at radius 3 is 2.62 bits per heavy atom. The van der Waals surface area contributed by atoms with Gasteiger partial charge in [-0.15, -0.1) is 0 Å². The molecule has 0 aliphatic carbocycles. The molecule has 208 valence electrons. The third kappa shape index (κ3) is 5.67. The fourth-order valence-electron chi connectivity index (χ4n) is 6.06. The van der Waals surface area contributed by atoms with Gasteiger partial charge in [-0.3, -0.25) is 9.69 Å². The van der Waals surface area contributed by atoms with Gasteiger partial charge in [0.05, 0.1) is 16.8 Å². The Labute approximate surface area is 232 Å². The van der Waals surface area contributed by atoms with Crippen LogP contribution in [0.5, 0.6) is 0 Å². The van der Waals surface area contributed by atoms with Crippen molar-refractivity contribution in [2.24, 2.45) is 11.3 Å². The highest BCUT2D eigenvalue weighted by molar-refractivity contribution is 5.78. The minimum Gasteiger partial charge on any atom is -0.481 e. The molecule has 4 rings (SSSR count). The number of rotatable bonds is 8. The van der Waals surface area contributed by atoms with E-state index in [1.807, 2.05) is 32.2 Å². The van der Waals surface area contributed by atoms with Gasteiger partial charge in [0.1, 0.15) is 5.82 Å². The number of nitrogens with zero attached hydrogens (tertiary/aromatic N) is 1. The molecule has 0 saturated carbocycles. The first-order valence-corrected chi connectivity index (χ1v) is 13.9. The Hall–Kier alpha value is -3.38. The summed E-state index contributed by atoms with van der Waals surface area (Å²) in [6.45, 7) is 12.1. The van der Waals surface area contributed by atoms with E-state index in [9.17, 15) is 14.3 Å². The van der Waals surface area contributed by atoms with Crippen LogP contribution in [0.4, 0.5) is 15.8 Å². The van der Waals surface area contributed by atoms with Gasteiger partial charge in [-0.25, -0.2) is 4.39 Å². The Morgan fingerprint density at radius 1 is 1.21 bits per heavy atom. The second-order valence-electron chi connectivity index (χ2n) is 11.7. The van der Waals surface area contributed by atoms with Gasteiger partial charge in [0.25, 0.3) is 0 Å². The Morgan fingerprint density at radius 2 is 1.95 bits per heavy atom. The van der Waals surface area contributed by atoms with E-state index in [0.717, 1.165) is 64.0 Å². The van der Waals surface area contributed by atoms with E-state index >= 15 is 0 Å². The predicted molar refractivity (Wildman–Crippen MR) is 158 cm³/mol. The summed E-state index contributed by atoms with van der Waals surface area (Å²) < 4.78 is 14.7. The highest BCUT2D eigenvalue weighted by Gasteiger charge is 2.40. The number of halogens is 1. The van der Waals surface area contributed by atoms with Gasteiger partial charge in [0.2, 0.25) is 0 Å². The number of anilines is 2. The molecular formula is C33H42FN3O2. The molecule has 3 aromatic rings. The molecule has 1 aliphatic rings. The summed E-state index contributed by atoms with van der Waals surface area (Å²) in [5.41, 5.74) is 13.8. The first kappa shape index (κ1) is 28.6. The van der Waals surface area contributed by atoms with Gasteiger partial charge in [-0.05, 0) is 91.1 Å². The minimum absolute atomic E-state index is 0.108. The highest BCUT2D eigenvalue weighted by Crippen LogP contribution is 2.45. The van der Waals surface area contributed by atoms with Gasteiger partial charge in [-0.2, -0.15) is 0 Å². The van der Waals surface area contributed by atoms with Crippen molar-refractivity contribution >= 4 is 17.3 Å². The molecule has 2 unspecified atom stereocenters. The smallest absolute Gasteiger partial charge is 0.310 e. The summed E-state index contributed by atoms with van der Waals surface area (Å²) in [5.74, 6) is -0.988. The molecule has 2 atom stereocenters. The Balaban J connectivity index is 1.76. The van der Waals surface area contributed by atoms with E-state index in [1.165, 1.54) is 0 Å². The summed E-state index contributed by atoms with van der Waals surface area (Å²) in [5, 5.41) is 13.4. The van der Waals surface area contributed by atoms with Gasteiger partial charge >= 0.3 is 5.97 Å². The van der Waals surface area contributed by atoms with Gasteiger partial charge in [0, 0.05) is 32.6 Å². The van der Waals surface area contributed by atoms with Crippen molar-refractivity contribution < 1.29 is 14.3 Å². The Kier molecular flexibility index (Phi) is 8.36. The number of carbonyl (C=O) groups is 1. The third-order valence-corrected chi connectivity index (χ3v) is 8.71. The van der Waals surface area contributed by atoms with E-state index < -0.39 is 17.3 Å². The molecule has 1 heterocycles. The standard InChI is InChI=1S/C33H42FN3O2/c1-7-22-15-27-24(9-8-10-28(27)34)18-37(17-22)19-25-16-23(12-11-20(25)2)30(33(4,5)32(38)39)26-13-14-29(36-6)31(35)21(26)3/h8-14,16,22,30,36H,7,15,17-19,35H2,1-6H3,(H,38,39). The lowest BCUT2D eigenvalue weighted by atomic mass is 9.69. The van der Waals surface area contributed by atoms with Crippen molar-refractivity contribution in [1.29, 1.82) is 0 Å². The number of aryl methyl sites for hydroxylation is 1. The van der Waals surface area contributed by atoms with E-state index in [-0.39, 0.29) is 5.82 Å². The fourth-order valence-corrected chi connectivity index (χ4v) is 6.06. The van der Waals surface area contributed by atoms with E-state index in [2.05, 4.69) is 42.3 Å². The maximum atomic E-state index is 14.7. The number of hydrogen-bond donors (Lipinski definition) is 3. The molecule has 0 bridgehead atoms. The minimum atomic E-state index is -1.07. The van der Waals surface area contributed by atoms with E-state index in [1.54, 1.807) is 26.0 Å². The van der Waals surface area contributed by atoms with E-state index in [0.29, 0.717) is 24.7 Å². The molecule has 3 aromatic carbocycles. The molecule has 4 N–H and O–H groups in total. The summed E-state index contributed by atoms with van der Waals surface area (Å²) in [4.78, 5) is 15.0. The van der Waals surface area contributed by atoms with Crippen LogP contribution in [0.15, 0.2) is 48.5 Å². The average molecular weight is 532 g/mol. The topological polar surface area (TPSA) is 78.6 Å². The van der Waals surface area contributed by atoms with Crippen LogP contribution in [0.25, 0.3) is 0 Å². The number of nitrogens with one attached hydrogen (secondary N) is 1. The molecule has 0 radical (unpaired) electrons. The van der Waals surface area contributed by atoms with Crippen molar-refractivity contribution in [1.82, 2.24) is 4.90 Å². The number of aliphatic carboxylic acids is 1. The summed E-state index contributed by atoms with van der Waals surface area (Å²) >= 11 is 0. The maximum absolute atomic E-state index is 14.7. The lowest BCUT2D eigenvalue weighted by molar-refractivity contribution is -0.147. The maximum Gasteiger partial charge on any atom is 0.310 e. The van der Waals surface area contributed by atoms with Crippen molar-refractivity contribution in [3.8, 4) is 0 Å². The second kappa shape index (κ2) is 11.4. The zero-order valence-corrected chi connectivity index (χ0v) is 24.1. The first-order valence-electron chi connectivity index (χ1n) is 13.9. The molecule has 0 spiro atoms. The average Bonchev–Trinajstić information content (AvgIpc) is 3.08. The van der Waals surface area contributed by atoms with Crippen LogP contribution < -0.4 is 11.1 Å². The molecular weight excluding hydrogens is 489 g/mol. The second-order valence-corrected chi connectivity index (χ2v) is 11.7. The lowest BCUT2D eigenvalue weighted by Gasteiger charge is -2.34. The van der Waals surface area contributed by atoms with Gasteiger partial charge in [0.15, 0.2) is 0 Å². The SMILES string of the molecule is CCC1Cc2c(F)cccc2CN(Cc2cc(C(c3ccc(NC)c(N)c3C)C(C)(C)C(=O)O)ccc2C)C1. The van der Waals surface area contributed by atoms with Crippen LogP contribution in [0.3, 0.4) is 0 Å². The summed E-state index contributed by atoms with van der Waals surface area (Å²) in [6.07, 6.45) is 1.74. The number of benzene rings is 3. The van der Waals surface area contributed by atoms with E-state index in [4.69, 9.17) is 5.73 Å². The molecule has 5 nitrogen and oxygen atoms in total. The quantitative estimate of drug-likeness (QED) is 0.276. The van der Waals surface area contributed by atoms with Crippen LogP contribution >= 0.6 is 0 Å². The molecule has 0 saturated heterocycles. The fraction of sp³-hybridized carbons (Fsp3) is 0.424. The number of nitrogens with two attached hydrogens (primary N) is 1. The van der Waals surface area contributed by atoms with Crippen LogP contribution in [-0.4, -0.2) is 29.6 Å². The van der Waals surface area contributed by atoms with Crippen LogP contribution in [-0.2, 0) is 24.3 Å². The summed E-state index contributed by atoms with van der Waals surface area (Å²) in [6, 6.07) is 15.7.